The molecule has 2 atom stereocenters. The van der Waals surface area contributed by atoms with Gasteiger partial charge >= 0.3 is 11.9 Å². The lowest BCUT2D eigenvalue weighted by atomic mass is 9.96. The van der Waals surface area contributed by atoms with Crippen molar-refractivity contribution in [3.05, 3.63) is 59.2 Å². The van der Waals surface area contributed by atoms with Crippen LogP contribution in [0.1, 0.15) is 50.2 Å². The summed E-state index contributed by atoms with van der Waals surface area (Å²) in [5, 5.41) is 26.9. The number of hydrogen-bond donors (Lipinski definition) is 2. The van der Waals surface area contributed by atoms with Gasteiger partial charge < -0.3 is 15.1 Å². The second-order valence-electron chi connectivity index (χ2n) is 7.89. The van der Waals surface area contributed by atoms with Gasteiger partial charge in [0.2, 0.25) is 0 Å². The second-order valence-corrected chi connectivity index (χ2v) is 9.05. The third-order valence-corrected chi connectivity index (χ3v) is 6.86. The highest BCUT2D eigenvalue weighted by molar-refractivity contribution is 7.99. The van der Waals surface area contributed by atoms with Crippen molar-refractivity contribution in [3.63, 3.8) is 0 Å². The zero-order valence-corrected chi connectivity index (χ0v) is 18.9. The van der Waals surface area contributed by atoms with Crippen molar-refractivity contribution in [1.29, 1.82) is 5.26 Å². The minimum Gasteiger partial charge on any atom is -0.481 e. The molecule has 166 valence electrons. The molecule has 1 aliphatic rings. The van der Waals surface area contributed by atoms with Crippen LogP contribution in [0.2, 0.25) is 0 Å². The molecule has 2 unspecified atom stereocenters. The summed E-state index contributed by atoms with van der Waals surface area (Å²) in [6.45, 7) is 4.32. The van der Waals surface area contributed by atoms with Gasteiger partial charge in [0.25, 0.3) is 0 Å². The number of fused-ring (bicyclic) bond motifs is 1. The van der Waals surface area contributed by atoms with Gasteiger partial charge in [0, 0.05) is 34.7 Å². The van der Waals surface area contributed by atoms with Crippen LogP contribution in [0.3, 0.4) is 0 Å². The molecule has 0 spiro atoms. The van der Waals surface area contributed by atoms with Crippen molar-refractivity contribution in [3.8, 4) is 6.07 Å². The van der Waals surface area contributed by atoms with Gasteiger partial charge in [-0.25, -0.2) is 4.79 Å². The Morgan fingerprint density at radius 1 is 1.12 bits per heavy atom. The third kappa shape index (κ3) is 5.32. The van der Waals surface area contributed by atoms with Crippen LogP contribution in [0.15, 0.2) is 52.9 Å². The van der Waals surface area contributed by atoms with Crippen LogP contribution in [-0.2, 0) is 9.59 Å². The van der Waals surface area contributed by atoms with E-state index in [1.165, 1.54) is 6.08 Å². The Kier molecular flexibility index (Phi) is 7.60. The predicted molar refractivity (Wildman–Crippen MR) is 126 cm³/mol. The second kappa shape index (κ2) is 10.4. The van der Waals surface area contributed by atoms with E-state index < -0.39 is 11.9 Å². The van der Waals surface area contributed by atoms with Gasteiger partial charge in [-0.05, 0) is 79.1 Å². The smallest absolute Gasteiger partial charge is 0.346 e. The molecular formula is C25H26N2O4S. The van der Waals surface area contributed by atoms with Crippen LogP contribution in [0.5, 0.6) is 0 Å². The number of carboxylic acid groups (broad SMARTS) is 2. The fourth-order valence-corrected chi connectivity index (χ4v) is 4.82. The van der Waals surface area contributed by atoms with Gasteiger partial charge in [-0.15, -0.1) is 11.8 Å². The molecule has 0 aromatic heterocycles. The number of thioether (sulfide) groups is 1. The first kappa shape index (κ1) is 23.4. The largest absolute Gasteiger partial charge is 0.481 e. The van der Waals surface area contributed by atoms with Gasteiger partial charge in [-0.2, -0.15) is 5.26 Å². The van der Waals surface area contributed by atoms with Gasteiger partial charge in [-0.3, -0.25) is 4.79 Å². The average molecular weight is 451 g/mol. The van der Waals surface area contributed by atoms with Gasteiger partial charge in [0.15, 0.2) is 0 Å². The summed E-state index contributed by atoms with van der Waals surface area (Å²) in [6, 6.07) is 16.2. The molecule has 2 N–H and O–H groups in total. The minimum absolute atomic E-state index is 0.218. The summed E-state index contributed by atoms with van der Waals surface area (Å²) in [7, 11) is 0. The van der Waals surface area contributed by atoms with Crippen molar-refractivity contribution in [1.82, 2.24) is 0 Å². The van der Waals surface area contributed by atoms with Gasteiger partial charge in [0.1, 0.15) is 11.6 Å². The lowest BCUT2D eigenvalue weighted by Crippen LogP contribution is -2.25. The summed E-state index contributed by atoms with van der Waals surface area (Å²) in [6.07, 6.45) is 3.19. The zero-order valence-electron chi connectivity index (χ0n) is 18.1. The van der Waals surface area contributed by atoms with E-state index in [1.807, 2.05) is 18.2 Å². The topological polar surface area (TPSA) is 102 Å². The van der Waals surface area contributed by atoms with Crippen molar-refractivity contribution in [2.24, 2.45) is 0 Å². The van der Waals surface area contributed by atoms with E-state index in [4.69, 9.17) is 15.5 Å². The standard InChI is InChI=1S/C25H26N2O4S/c1-16-17(2)27(20-7-9-21(10-8-20)32-12-4-3-5-24(28)29)23-11-6-18(14-22(16)23)13-19(15-26)25(30)31/h6-11,13-14,16-17H,3-5,12H2,1-2H3,(H,28,29)(H,30,31)/b19-13+. The molecule has 0 radical (unpaired) electrons. The highest BCUT2D eigenvalue weighted by Crippen LogP contribution is 2.45. The summed E-state index contributed by atoms with van der Waals surface area (Å²) >= 11 is 1.73. The molecule has 32 heavy (non-hydrogen) atoms. The summed E-state index contributed by atoms with van der Waals surface area (Å²) < 4.78 is 0. The summed E-state index contributed by atoms with van der Waals surface area (Å²) in [5.41, 5.74) is 3.73. The van der Waals surface area contributed by atoms with Gasteiger partial charge in [0.05, 0.1) is 0 Å². The number of nitrogens with zero attached hydrogens (tertiary/aromatic N) is 2. The Hall–Kier alpha value is -3.24. The SMILES string of the molecule is CC1c2cc(/C=C(\C#N)C(=O)O)ccc2N(c2ccc(SCCCCC(=O)O)cc2)C1C. The Labute approximate surface area is 192 Å². The number of anilines is 2. The highest BCUT2D eigenvalue weighted by atomic mass is 32.2. The lowest BCUT2D eigenvalue weighted by Gasteiger charge is -2.26. The molecule has 0 saturated heterocycles. The average Bonchev–Trinajstić information content (AvgIpc) is 3.01. The van der Waals surface area contributed by atoms with Crippen LogP contribution >= 0.6 is 11.8 Å². The van der Waals surface area contributed by atoms with E-state index in [9.17, 15) is 9.59 Å². The van der Waals surface area contributed by atoms with Gasteiger partial charge in [-0.1, -0.05) is 13.0 Å². The van der Waals surface area contributed by atoms with E-state index in [1.54, 1.807) is 17.8 Å². The Morgan fingerprint density at radius 3 is 2.47 bits per heavy atom. The first-order chi connectivity index (χ1) is 15.3. The number of carbonyl (C=O) groups is 2. The lowest BCUT2D eigenvalue weighted by molar-refractivity contribution is -0.137. The summed E-state index contributed by atoms with van der Waals surface area (Å²) in [4.78, 5) is 25.2. The zero-order chi connectivity index (χ0) is 23.3. The third-order valence-electron chi connectivity index (χ3n) is 5.76. The van der Waals surface area contributed by atoms with E-state index >= 15 is 0 Å². The Morgan fingerprint density at radius 2 is 1.84 bits per heavy atom. The van der Waals surface area contributed by atoms with Crippen LogP contribution in [0.4, 0.5) is 11.4 Å². The maximum Gasteiger partial charge on any atom is 0.346 e. The molecule has 1 aliphatic heterocycles. The molecule has 0 bridgehead atoms. The van der Waals surface area contributed by atoms with Crippen molar-refractivity contribution < 1.29 is 19.8 Å². The molecule has 2 aromatic rings. The molecular weight excluding hydrogens is 424 g/mol. The first-order valence-electron chi connectivity index (χ1n) is 10.5. The number of unbranched alkanes of at least 4 members (excludes halogenated alkanes) is 1. The number of hydrogen-bond acceptors (Lipinski definition) is 5. The number of aliphatic carboxylic acids is 2. The molecule has 6 nitrogen and oxygen atoms in total. The fourth-order valence-electron chi connectivity index (χ4n) is 3.90. The molecule has 2 aromatic carbocycles. The summed E-state index contributed by atoms with van der Waals surface area (Å²) in [5.74, 6) is -0.832. The Balaban J connectivity index is 1.75. The number of nitriles is 1. The monoisotopic (exact) mass is 450 g/mol. The highest BCUT2D eigenvalue weighted by Gasteiger charge is 2.33. The molecule has 1 heterocycles. The van der Waals surface area contributed by atoms with E-state index in [0.717, 1.165) is 34.0 Å². The quantitative estimate of drug-likeness (QED) is 0.220. The normalized spacial score (nSPS) is 17.7. The van der Waals surface area contributed by atoms with Crippen LogP contribution < -0.4 is 4.90 Å². The number of carboxylic acids is 2. The minimum atomic E-state index is -1.23. The van der Waals surface area contributed by atoms with E-state index in [2.05, 4.69) is 43.0 Å². The molecule has 0 aliphatic carbocycles. The molecule has 0 amide bonds. The maximum atomic E-state index is 11.2. The van der Waals surface area contributed by atoms with Crippen molar-refractivity contribution in [2.75, 3.05) is 10.7 Å². The van der Waals surface area contributed by atoms with Crippen LogP contribution in [0.25, 0.3) is 6.08 Å². The van der Waals surface area contributed by atoms with Crippen molar-refractivity contribution >= 4 is 41.2 Å². The fraction of sp³-hybridized carbons (Fsp3) is 0.320. The van der Waals surface area contributed by atoms with Crippen LogP contribution in [-0.4, -0.2) is 33.9 Å². The molecule has 0 fully saturated rings. The van der Waals surface area contributed by atoms with Crippen LogP contribution in [0, 0.1) is 11.3 Å². The predicted octanol–water partition coefficient (Wildman–Crippen LogP) is 5.67. The van der Waals surface area contributed by atoms with Crippen molar-refractivity contribution in [2.45, 2.75) is 50.0 Å². The Bertz CT molecular complexity index is 1070. The number of rotatable bonds is 9. The molecule has 3 rings (SSSR count). The first-order valence-corrected chi connectivity index (χ1v) is 11.5. The van der Waals surface area contributed by atoms with E-state index in [0.29, 0.717) is 12.0 Å². The van der Waals surface area contributed by atoms with E-state index in [-0.39, 0.29) is 24.0 Å². The molecule has 7 heteroatoms. The molecule has 0 saturated carbocycles. The number of benzene rings is 2. The maximum absolute atomic E-state index is 11.2.